The van der Waals surface area contributed by atoms with E-state index in [2.05, 4.69) is 15.3 Å². The predicted octanol–water partition coefficient (Wildman–Crippen LogP) is 3.22. The normalized spacial score (nSPS) is 10.7. The fourth-order valence-corrected chi connectivity index (χ4v) is 2.03. The molecule has 21 heavy (non-hydrogen) atoms. The van der Waals surface area contributed by atoms with Crippen LogP contribution in [0.25, 0.3) is 11.0 Å². The number of aromatic amines is 1. The molecule has 3 rings (SSSR count). The van der Waals surface area contributed by atoms with E-state index in [1.165, 1.54) is 24.3 Å². The number of nitro benzene ring substituents is 1. The molecule has 6 nitrogen and oxygen atoms in total. The van der Waals surface area contributed by atoms with Crippen molar-refractivity contribution in [2.75, 3.05) is 5.32 Å². The van der Waals surface area contributed by atoms with Crippen LogP contribution in [0.3, 0.4) is 0 Å². The Kier molecular flexibility index (Phi) is 3.23. The van der Waals surface area contributed by atoms with Crippen LogP contribution in [0, 0.1) is 15.9 Å². The van der Waals surface area contributed by atoms with Crippen molar-refractivity contribution in [3.63, 3.8) is 0 Å². The molecule has 0 aliphatic rings. The van der Waals surface area contributed by atoms with Gasteiger partial charge in [-0.05, 0) is 23.8 Å². The van der Waals surface area contributed by atoms with Crippen LogP contribution in [0.2, 0.25) is 0 Å². The summed E-state index contributed by atoms with van der Waals surface area (Å²) in [6, 6.07) is 10.6. The Morgan fingerprint density at radius 3 is 2.90 bits per heavy atom. The number of hydrogen-bond acceptors (Lipinski definition) is 4. The van der Waals surface area contributed by atoms with Crippen LogP contribution in [0.15, 0.2) is 42.5 Å². The van der Waals surface area contributed by atoms with Crippen molar-refractivity contribution in [3.8, 4) is 0 Å². The highest BCUT2D eigenvalue weighted by molar-refractivity contribution is 5.79. The van der Waals surface area contributed by atoms with Gasteiger partial charge in [0.1, 0.15) is 5.82 Å². The number of nitrogens with zero attached hydrogens (tertiary/aromatic N) is 2. The summed E-state index contributed by atoms with van der Waals surface area (Å²) >= 11 is 0. The first-order valence-electron chi connectivity index (χ1n) is 6.24. The summed E-state index contributed by atoms with van der Waals surface area (Å²) in [5, 5.41) is 13.7. The molecule has 0 atom stereocenters. The van der Waals surface area contributed by atoms with Crippen LogP contribution >= 0.6 is 0 Å². The number of non-ortho nitro benzene ring substituents is 1. The second-order valence-electron chi connectivity index (χ2n) is 4.53. The van der Waals surface area contributed by atoms with Crippen molar-refractivity contribution in [3.05, 3.63) is 64.0 Å². The van der Waals surface area contributed by atoms with E-state index in [1.807, 2.05) is 0 Å². The molecule has 1 aromatic heterocycles. The number of halogens is 1. The van der Waals surface area contributed by atoms with E-state index in [0.717, 1.165) is 5.56 Å². The minimum Gasteiger partial charge on any atom is -0.352 e. The highest BCUT2D eigenvalue weighted by atomic mass is 19.1. The molecule has 0 aliphatic carbocycles. The Balaban J connectivity index is 1.80. The molecular formula is C14H11FN4O2. The smallest absolute Gasteiger partial charge is 0.271 e. The van der Waals surface area contributed by atoms with Gasteiger partial charge in [-0.1, -0.05) is 12.1 Å². The van der Waals surface area contributed by atoms with Crippen molar-refractivity contribution in [1.82, 2.24) is 9.97 Å². The molecule has 2 aromatic carbocycles. The summed E-state index contributed by atoms with van der Waals surface area (Å²) in [6.45, 7) is 0.402. The van der Waals surface area contributed by atoms with Crippen LogP contribution in [0.4, 0.5) is 16.0 Å². The van der Waals surface area contributed by atoms with Gasteiger partial charge in [-0.25, -0.2) is 9.37 Å². The fourth-order valence-electron chi connectivity index (χ4n) is 2.03. The number of nitrogens with one attached hydrogen (secondary N) is 2. The Labute approximate surface area is 118 Å². The molecule has 2 N–H and O–H groups in total. The van der Waals surface area contributed by atoms with Gasteiger partial charge in [-0.3, -0.25) is 10.1 Å². The lowest BCUT2D eigenvalue weighted by Gasteiger charge is -2.02. The van der Waals surface area contributed by atoms with Crippen LogP contribution < -0.4 is 5.32 Å². The van der Waals surface area contributed by atoms with Crippen LogP contribution in [-0.4, -0.2) is 14.9 Å². The van der Waals surface area contributed by atoms with Crippen molar-refractivity contribution in [2.24, 2.45) is 0 Å². The number of nitro groups is 1. The number of fused-ring (bicyclic) bond motifs is 1. The maximum Gasteiger partial charge on any atom is 0.271 e. The molecule has 0 amide bonds. The molecule has 0 spiro atoms. The van der Waals surface area contributed by atoms with Gasteiger partial charge in [0, 0.05) is 18.7 Å². The number of anilines is 1. The zero-order valence-corrected chi connectivity index (χ0v) is 10.8. The van der Waals surface area contributed by atoms with E-state index in [-0.39, 0.29) is 11.5 Å². The largest absolute Gasteiger partial charge is 0.352 e. The van der Waals surface area contributed by atoms with Crippen molar-refractivity contribution in [1.29, 1.82) is 0 Å². The number of hydrogen-bond donors (Lipinski definition) is 2. The van der Waals surface area contributed by atoms with Gasteiger partial charge >= 0.3 is 0 Å². The van der Waals surface area contributed by atoms with E-state index in [1.54, 1.807) is 18.2 Å². The molecule has 0 saturated carbocycles. The van der Waals surface area contributed by atoms with E-state index in [0.29, 0.717) is 23.5 Å². The second-order valence-corrected chi connectivity index (χ2v) is 4.53. The Bertz CT molecular complexity index is 816. The number of rotatable bonds is 4. The average molecular weight is 286 g/mol. The standard InChI is InChI=1S/C14H11FN4O2/c15-10-3-1-2-9(6-10)8-16-14-17-12-5-4-11(19(20)21)7-13(12)18-14/h1-7H,8H2,(H2,16,17,18). The van der Waals surface area contributed by atoms with Crippen molar-refractivity contribution >= 4 is 22.7 Å². The van der Waals surface area contributed by atoms with Crippen LogP contribution in [0.5, 0.6) is 0 Å². The molecular weight excluding hydrogens is 275 g/mol. The number of H-pyrrole nitrogens is 1. The summed E-state index contributed by atoms with van der Waals surface area (Å²) in [7, 11) is 0. The van der Waals surface area contributed by atoms with Gasteiger partial charge < -0.3 is 10.3 Å². The van der Waals surface area contributed by atoms with E-state index >= 15 is 0 Å². The molecule has 0 fully saturated rings. The number of aromatic nitrogens is 2. The third-order valence-electron chi connectivity index (χ3n) is 3.03. The Morgan fingerprint density at radius 2 is 2.14 bits per heavy atom. The molecule has 0 saturated heterocycles. The molecule has 0 unspecified atom stereocenters. The van der Waals surface area contributed by atoms with E-state index in [9.17, 15) is 14.5 Å². The lowest BCUT2D eigenvalue weighted by atomic mass is 10.2. The maximum absolute atomic E-state index is 13.1. The SMILES string of the molecule is O=[N+]([O-])c1ccc2nc(NCc3cccc(F)c3)[nH]c2c1. The monoisotopic (exact) mass is 286 g/mol. The minimum absolute atomic E-state index is 0.00262. The van der Waals surface area contributed by atoms with Gasteiger partial charge in [0.05, 0.1) is 16.0 Å². The third-order valence-corrected chi connectivity index (χ3v) is 3.03. The van der Waals surface area contributed by atoms with E-state index < -0.39 is 4.92 Å². The van der Waals surface area contributed by atoms with Crippen LogP contribution in [-0.2, 0) is 6.54 Å². The fraction of sp³-hybridized carbons (Fsp3) is 0.0714. The lowest BCUT2D eigenvalue weighted by molar-refractivity contribution is -0.384. The molecule has 106 valence electrons. The first kappa shape index (κ1) is 13.0. The molecule has 3 aromatic rings. The molecule has 0 radical (unpaired) electrons. The molecule has 1 heterocycles. The molecule has 0 aliphatic heterocycles. The van der Waals surface area contributed by atoms with Gasteiger partial charge in [-0.2, -0.15) is 0 Å². The lowest BCUT2D eigenvalue weighted by Crippen LogP contribution is -2.00. The first-order chi connectivity index (χ1) is 10.1. The predicted molar refractivity (Wildman–Crippen MR) is 76.5 cm³/mol. The van der Waals surface area contributed by atoms with Crippen LogP contribution in [0.1, 0.15) is 5.56 Å². The summed E-state index contributed by atoms with van der Waals surface area (Å²) in [4.78, 5) is 17.5. The van der Waals surface area contributed by atoms with Gasteiger partial charge in [0.15, 0.2) is 0 Å². The number of imidazole rings is 1. The summed E-state index contributed by atoms with van der Waals surface area (Å²) in [6.07, 6.45) is 0. The van der Waals surface area contributed by atoms with Gasteiger partial charge in [-0.15, -0.1) is 0 Å². The molecule has 0 bridgehead atoms. The quantitative estimate of drug-likeness (QED) is 0.569. The maximum atomic E-state index is 13.1. The topological polar surface area (TPSA) is 83.8 Å². The average Bonchev–Trinajstić information content (AvgIpc) is 2.87. The van der Waals surface area contributed by atoms with Gasteiger partial charge in [0.2, 0.25) is 5.95 Å². The zero-order valence-electron chi connectivity index (χ0n) is 10.8. The summed E-state index contributed by atoms with van der Waals surface area (Å²) < 4.78 is 13.1. The van der Waals surface area contributed by atoms with Crippen molar-refractivity contribution in [2.45, 2.75) is 6.54 Å². The number of benzene rings is 2. The zero-order chi connectivity index (χ0) is 14.8. The minimum atomic E-state index is -0.458. The molecule has 7 heteroatoms. The Morgan fingerprint density at radius 1 is 1.29 bits per heavy atom. The third kappa shape index (κ3) is 2.81. The second kappa shape index (κ2) is 5.20. The van der Waals surface area contributed by atoms with E-state index in [4.69, 9.17) is 0 Å². The van der Waals surface area contributed by atoms with Gasteiger partial charge in [0.25, 0.3) is 5.69 Å². The highest BCUT2D eigenvalue weighted by Crippen LogP contribution is 2.20. The summed E-state index contributed by atoms with van der Waals surface area (Å²) in [5.74, 6) is 0.185. The highest BCUT2D eigenvalue weighted by Gasteiger charge is 2.09. The Hall–Kier alpha value is -2.96. The van der Waals surface area contributed by atoms with Crippen molar-refractivity contribution < 1.29 is 9.31 Å². The first-order valence-corrected chi connectivity index (χ1v) is 6.24. The summed E-state index contributed by atoms with van der Waals surface area (Å²) in [5.41, 5.74) is 1.98.